The van der Waals surface area contributed by atoms with Gasteiger partial charge in [-0.05, 0) is 37.1 Å². The van der Waals surface area contributed by atoms with Crippen molar-refractivity contribution in [1.29, 1.82) is 0 Å². The average Bonchev–Trinajstić information content (AvgIpc) is 2.89. The van der Waals surface area contributed by atoms with E-state index in [1.807, 2.05) is 30.0 Å². The van der Waals surface area contributed by atoms with Gasteiger partial charge in [0.05, 0.1) is 23.4 Å². The van der Waals surface area contributed by atoms with E-state index in [0.29, 0.717) is 6.04 Å². The van der Waals surface area contributed by atoms with Crippen molar-refractivity contribution in [3.05, 3.63) is 23.2 Å². The van der Waals surface area contributed by atoms with Crippen molar-refractivity contribution in [2.75, 3.05) is 30.5 Å². The standard InChI is InChI=1S/C15H20ClNO2S/c1-18-12-2-3-13(16)14(8-12)17-11-4-6-19-15(9-11)5-7-20-10-15/h2-3,8,11,17H,4-7,9-10H2,1H3. The lowest BCUT2D eigenvalue weighted by Gasteiger charge is -2.38. The maximum absolute atomic E-state index is 6.27. The highest BCUT2D eigenvalue weighted by Crippen LogP contribution is 2.39. The highest BCUT2D eigenvalue weighted by molar-refractivity contribution is 7.99. The van der Waals surface area contributed by atoms with Gasteiger partial charge in [-0.3, -0.25) is 0 Å². The van der Waals surface area contributed by atoms with E-state index in [1.54, 1.807) is 7.11 Å². The second kappa shape index (κ2) is 6.04. The molecule has 2 unspecified atom stereocenters. The van der Waals surface area contributed by atoms with Gasteiger partial charge in [0.1, 0.15) is 5.75 Å². The van der Waals surface area contributed by atoms with Crippen LogP contribution in [-0.4, -0.2) is 36.9 Å². The van der Waals surface area contributed by atoms with E-state index in [-0.39, 0.29) is 5.60 Å². The Balaban J connectivity index is 1.71. The molecule has 0 bridgehead atoms. The Morgan fingerprint density at radius 2 is 2.40 bits per heavy atom. The normalized spacial score (nSPS) is 29.6. The summed E-state index contributed by atoms with van der Waals surface area (Å²) < 4.78 is 11.3. The Kier molecular flexibility index (Phi) is 4.34. The first kappa shape index (κ1) is 14.4. The minimum atomic E-state index is 0.0892. The van der Waals surface area contributed by atoms with E-state index in [0.717, 1.165) is 41.7 Å². The van der Waals surface area contributed by atoms with Gasteiger partial charge in [0.25, 0.3) is 0 Å². The molecule has 3 nitrogen and oxygen atoms in total. The van der Waals surface area contributed by atoms with Gasteiger partial charge in [0, 0.05) is 24.5 Å². The molecule has 1 N–H and O–H groups in total. The van der Waals surface area contributed by atoms with E-state index in [4.69, 9.17) is 21.1 Å². The Labute approximate surface area is 129 Å². The van der Waals surface area contributed by atoms with Crippen molar-refractivity contribution in [2.24, 2.45) is 0 Å². The fraction of sp³-hybridized carbons (Fsp3) is 0.600. The fourth-order valence-corrected chi connectivity index (χ4v) is 4.53. The van der Waals surface area contributed by atoms with Crippen LogP contribution in [0.4, 0.5) is 5.69 Å². The molecule has 2 fully saturated rings. The molecule has 0 saturated carbocycles. The number of rotatable bonds is 3. The lowest BCUT2D eigenvalue weighted by Crippen LogP contribution is -2.44. The Bertz CT molecular complexity index is 477. The van der Waals surface area contributed by atoms with Crippen molar-refractivity contribution in [1.82, 2.24) is 0 Å². The molecule has 20 heavy (non-hydrogen) atoms. The molecule has 0 radical (unpaired) electrons. The molecule has 110 valence electrons. The first-order valence-electron chi connectivity index (χ1n) is 7.03. The molecule has 0 aromatic heterocycles. The number of hydrogen-bond acceptors (Lipinski definition) is 4. The van der Waals surface area contributed by atoms with Crippen LogP contribution in [0.25, 0.3) is 0 Å². The average molecular weight is 314 g/mol. The van der Waals surface area contributed by atoms with Gasteiger partial charge >= 0.3 is 0 Å². The topological polar surface area (TPSA) is 30.5 Å². The zero-order valence-corrected chi connectivity index (χ0v) is 13.2. The third-order valence-electron chi connectivity index (χ3n) is 4.09. The molecular weight excluding hydrogens is 294 g/mol. The van der Waals surface area contributed by atoms with E-state index in [1.165, 1.54) is 12.2 Å². The summed E-state index contributed by atoms with van der Waals surface area (Å²) in [6.45, 7) is 0.833. The van der Waals surface area contributed by atoms with Crippen LogP contribution >= 0.6 is 23.4 Å². The molecule has 0 aliphatic carbocycles. The number of hydrogen-bond donors (Lipinski definition) is 1. The lowest BCUT2D eigenvalue weighted by molar-refractivity contribution is -0.0628. The summed E-state index contributed by atoms with van der Waals surface area (Å²) in [6.07, 6.45) is 3.26. The maximum atomic E-state index is 6.27. The molecule has 2 atom stereocenters. The third kappa shape index (κ3) is 3.02. The van der Waals surface area contributed by atoms with Crippen LogP contribution in [0.5, 0.6) is 5.75 Å². The minimum absolute atomic E-state index is 0.0892. The van der Waals surface area contributed by atoms with Crippen molar-refractivity contribution >= 4 is 29.1 Å². The number of ether oxygens (including phenoxy) is 2. The predicted molar refractivity (Wildman–Crippen MR) is 85.3 cm³/mol. The number of halogens is 1. The quantitative estimate of drug-likeness (QED) is 0.919. The highest BCUT2D eigenvalue weighted by atomic mass is 35.5. The Morgan fingerprint density at radius 1 is 1.50 bits per heavy atom. The van der Waals surface area contributed by atoms with E-state index in [9.17, 15) is 0 Å². The number of methoxy groups -OCH3 is 1. The molecule has 5 heteroatoms. The Hall–Kier alpha value is -0.580. The summed E-state index contributed by atoms with van der Waals surface area (Å²) in [6, 6.07) is 6.15. The summed E-state index contributed by atoms with van der Waals surface area (Å²) in [5.41, 5.74) is 1.05. The molecule has 2 aliphatic heterocycles. The summed E-state index contributed by atoms with van der Waals surface area (Å²) >= 11 is 8.27. The van der Waals surface area contributed by atoms with Crippen LogP contribution in [0.15, 0.2) is 18.2 Å². The number of benzene rings is 1. The molecule has 2 saturated heterocycles. The molecular formula is C15H20ClNO2S. The second-order valence-corrected chi connectivity index (χ2v) is 7.03. The predicted octanol–water partition coefficient (Wildman–Crippen LogP) is 3.82. The zero-order valence-electron chi connectivity index (χ0n) is 11.7. The lowest BCUT2D eigenvalue weighted by atomic mass is 9.90. The first-order chi connectivity index (χ1) is 9.71. The van der Waals surface area contributed by atoms with Crippen molar-refractivity contribution < 1.29 is 9.47 Å². The van der Waals surface area contributed by atoms with Crippen LogP contribution < -0.4 is 10.1 Å². The molecule has 1 aromatic rings. The fourth-order valence-electron chi connectivity index (χ4n) is 2.98. The summed E-state index contributed by atoms with van der Waals surface area (Å²) in [5.74, 6) is 3.17. The van der Waals surface area contributed by atoms with Crippen LogP contribution in [0.3, 0.4) is 0 Å². The summed E-state index contributed by atoms with van der Waals surface area (Å²) in [4.78, 5) is 0. The molecule has 3 rings (SSSR count). The number of anilines is 1. The van der Waals surface area contributed by atoms with Gasteiger partial charge in [0.2, 0.25) is 0 Å². The zero-order chi connectivity index (χ0) is 14.0. The van der Waals surface area contributed by atoms with Gasteiger partial charge in [-0.1, -0.05) is 11.6 Å². The monoisotopic (exact) mass is 313 g/mol. The molecule has 2 aliphatic rings. The van der Waals surface area contributed by atoms with Crippen LogP contribution in [-0.2, 0) is 4.74 Å². The van der Waals surface area contributed by atoms with Crippen LogP contribution in [0, 0.1) is 0 Å². The van der Waals surface area contributed by atoms with Crippen molar-refractivity contribution in [3.63, 3.8) is 0 Å². The van der Waals surface area contributed by atoms with E-state index < -0.39 is 0 Å². The van der Waals surface area contributed by atoms with Crippen LogP contribution in [0.2, 0.25) is 5.02 Å². The van der Waals surface area contributed by atoms with E-state index >= 15 is 0 Å². The van der Waals surface area contributed by atoms with Crippen molar-refractivity contribution in [2.45, 2.75) is 30.9 Å². The van der Waals surface area contributed by atoms with Crippen molar-refractivity contribution in [3.8, 4) is 5.75 Å². The molecule has 2 heterocycles. The smallest absolute Gasteiger partial charge is 0.121 e. The van der Waals surface area contributed by atoms with E-state index in [2.05, 4.69) is 5.32 Å². The van der Waals surface area contributed by atoms with Gasteiger partial charge in [0.15, 0.2) is 0 Å². The minimum Gasteiger partial charge on any atom is -0.497 e. The third-order valence-corrected chi connectivity index (χ3v) is 5.65. The summed E-state index contributed by atoms with van der Waals surface area (Å²) in [7, 11) is 1.67. The van der Waals surface area contributed by atoms with Crippen LogP contribution in [0.1, 0.15) is 19.3 Å². The Morgan fingerprint density at radius 3 is 3.15 bits per heavy atom. The second-order valence-electron chi connectivity index (χ2n) is 5.51. The molecule has 0 amide bonds. The first-order valence-corrected chi connectivity index (χ1v) is 8.56. The SMILES string of the molecule is COc1ccc(Cl)c(NC2CCOC3(CCSC3)C2)c1. The van der Waals surface area contributed by atoms with Gasteiger partial charge in [-0.15, -0.1) is 0 Å². The highest BCUT2D eigenvalue weighted by Gasteiger charge is 2.40. The van der Waals surface area contributed by atoms with Gasteiger partial charge in [-0.25, -0.2) is 0 Å². The number of nitrogens with one attached hydrogen (secondary N) is 1. The van der Waals surface area contributed by atoms with Gasteiger partial charge < -0.3 is 14.8 Å². The molecule has 1 aromatic carbocycles. The van der Waals surface area contributed by atoms with Gasteiger partial charge in [-0.2, -0.15) is 11.8 Å². The maximum Gasteiger partial charge on any atom is 0.121 e. The summed E-state index contributed by atoms with van der Waals surface area (Å²) in [5, 5.41) is 4.32. The number of thioether (sulfide) groups is 1. The molecule has 1 spiro atoms. The largest absolute Gasteiger partial charge is 0.497 e.